The highest BCUT2D eigenvalue weighted by atomic mass is 16.5. The van der Waals surface area contributed by atoms with E-state index in [-0.39, 0.29) is 11.8 Å². The summed E-state index contributed by atoms with van der Waals surface area (Å²) < 4.78 is 5.53. The van der Waals surface area contributed by atoms with Crippen molar-refractivity contribution in [3.05, 3.63) is 204 Å². The van der Waals surface area contributed by atoms with E-state index in [2.05, 4.69) is 64.0 Å². The van der Waals surface area contributed by atoms with Gasteiger partial charge in [0.2, 0.25) is 0 Å². The van der Waals surface area contributed by atoms with Crippen molar-refractivity contribution in [3.63, 3.8) is 0 Å². The fourth-order valence-electron chi connectivity index (χ4n) is 9.29. The maximum absolute atomic E-state index is 13.2. The molecule has 0 unspecified atom stereocenters. The summed E-state index contributed by atoms with van der Waals surface area (Å²) in [6.45, 7) is 5.57. The monoisotopic (exact) mass is 956 g/mol. The van der Waals surface area contributed by atoms with E-state index in [9.17, 15) is 9.59 Å². The van der Waals surface area contributed by atoms with Crippen LogP contribution in [0.25, 0.3) is 0 Å². The Morgan fingerprint density at radius 2 is 0.958 bits per heavy atom. The Morgan fingerprint density at radius 3 is 1.50 bits per heavy atom. The number of carbonyl (C=O) groups excluding carboxylic acids is 2. The summed E-state index contributed by atoms with van der Waals surface area (Å²) in [6.07, 6.45) is 22.3. The Hall–Kier alpha value is -8.42. The first-order valence-corrected chi connectivity index (χ1v) is 24.9. The summed E-state index contributed by atoms with van der Waals surface area (Å²) in [7, 11) is 0. The number of aryl methyl sites for hydroxylation is 2. The number of rotatable bonds is 9. The first kappa shape index (κ1) is 48.6. The van der Waals surface area contributed by atoms with E-state index in [0.717, 1.165) is 133 Å². The maximum Gasteiger partial charge on any atom is 0.255 e. The SMILES string of the molecule is CC.O=C(Nc1cccc2c1CCCc1cnccc1N2)c1ccc(Nc2ccncc2)cc1.O=C(Nc1cccc2c1CCCc1cnccc1N2)c1ccc(Nc2ccncc2C2CCOCC2)cc1. The van der Waals surface area contributed by atoms with Crippen molar-refractivity contribution in [2.24, 2.45) is 0 Å². The molecule has 8 aromatic rings. The lowest BCUT2D eigenvalue weighted by Crippen LogP contribution is -2.15. The van der Waals surface area contributed by atoms with Crippen molar-refractivity contribution in [2.75, 3.05) is 45.1 Å². The molecule has 72 heavy (non-hydrogen) atoms. The van der Waals surface area contributed by atoms with Gasteiger partial charge in [0.1, 0.15) is 0 Å². The molecule has 6 N–H and O–H groups in total. The lowest BCUT2D eigenvalue weighted by molar-refractivity contribution is 0.0854. The molecule has 7 heterocycles. The number of pyridine rings is 4. The zero-order chi connectivity index (χ0) is 49.5. The van der Waals surface area contributed by atoms with E-state index in [4.69, 9.17) is 4.74 Å². The lowest BCUT2D eigenvalue weighted by Gasteiger charge is -2.24. The third-order valence-corrected chi connectivity index (χ3v) is 13.0. The molecule has 0 bridgehead atoms. The van der Waals surface area contributed by atoms with Gasteiger partial charge < -0.3 is 36.6 Å². The number of fused-ring (bicyclic) bond motifs is 4. The number of nitrogens with one attached hydrogen (secondary N) is 6. The van der Waals surface area contributed by atoms with Gasteiger partial charge in [0.05, 0.1) is 0 Å². The number of carbonyl (C=O) groups is 2. The molecule has 0 spiro atoms. The predicted molar refractivity (Wildman–Crippen MR) is 290 cm³/mol. The van der Waals surface area contributed by atoms with Crippen LogP contribution in [-0.2, 0) is 30.4 Å². The van der Waals surface area contributed by atoms with Gasteiger partial charge in [0, 0.05) is 131 Å². The third kappa shape index (κ3) is 12.1. The van der Waals surface area contributed by atoms with Gasteiger partial charge >= 0.3 is 0 Å². The Bertz CT molecular complexity index is 3090. The van der Waals surface area contributed by atoms with E-state index in [0.29, 0.717) is 17.0 Å². The quantitative estimate of drug-likeness (QED) is 0.0815. The summed E-state index contributed by atoms with van der Waals surface area (Å²) in [5, 5.41) is 20.1. The van der Waals surface area contributed by atoms with E-state index >= 15 is 0 Å². The first-order valence-electron chi connectivity index (χ1n) is 24.9. The standard InChI is InChI=1S/C31H31N5O2.C26H23N5O.C2H6/c37-31(36-29-6-2-5-28-25(29)4-1-3-23-19-32-15-11-27(23)35-28)22-7-9-24(10-8-22)34-30-12-16-33-20-26(30)21-13-17-38-18-14-21;32-26(18-7-9-20(10-8-18)29-21-11-14-27-15-12-21)31-25-6-2-5-24-22(25)4-1-3-19-17-28-16-13-23(19)30-24;1-2/h2,5-12,15-16,19-21,35H,1,3-4,13-14,17-18H2,(H,33,34)(H,36,37);2,5-17,30H,1,3-4H2,(H,27,29)(H,31,32);1-2H3. The fourth-order valence-corrected chi connectivity index (χ4v) is 9.29. The summed E-state index contributed by atoms with van der Waals surface area (Å²) in [5.41, 5.74) is 16.8. The minimum Gasteiger partial charge on any atom is -0.381 e. The molecule has 3 aliphatic heterocycles. The third-order valence-electron chi connectivity index (χ3n) is 13.0. The van der Waals surface area contributed by atoms with Crippen LogP contribution in [0, 0.1) is 0 Å². The number of hydrogen-bond donors (Lipinski definition) is 6. The summed E-state index contributed by atoms with van der Waals surface area (Å²) in [6, 6.07) is 36.9. The van der Waals surface area contributed by atoms with Crippen LogP contribution >= 0.6 is 0 Å². The normalized spacial score (nSPS) is 13.6. The van der Waals surface area contributed by atoms with Crippen LogP contribution in [0.2, 0.25) is 0 Å². The highest BCUT2D eigenvalue weighted by Crippen LogP contribution is 2.36. The second-order valence-corrected chi connectivity index (χ2v) is 17.6. The second-order valence-electron chi connectivity index (χ2n) is 17.6. The van der Waals surface area contributed by atoms with E-state index in [1.807, 2.05) is 142 Å². The first-order chi connectivity index (χ1) is 35.5. The summed E-state index contributed by atoms with van der Waals surface area (Å²) in [5.74, 6) is 0.193. The molecule has 11 rings (SSSR count). The number of benzene rings is 4. The molecular formula is C59H60N10O3. The van der Waals surface area contributed by atoms with Crippen molar-refractivity contribution in [1.82, 2.24) is 19.9 Å². The molecule has 13 heteroatoms. The highest BCUT2D eigenvalue weighted by molar-refractivity contribution is 6.06. The van der Waals surface area contributed by atoms with Crippen molar-refractivity contribution < 1.29 is 14.3 Å². The highest BCUT2D eigenvalue weighted by Gasteiger charge is 2.21. The van der Waals surface area contributed by atoms with Crippen LogP contribution in [0.15, 0.2) is 165 Å². The number of amides is 2. The van der Waals surface area contributed by atoms with Crippen molar-refractivity contribution >= 4 is 68.7 Å². The smallest absolute Gasteiger partial charge is 0.255 e. The van der Waals surface area contributed by atoms with Crippen LogP contribution in [-0.4, -0.2) is 45.0 Å². The number of aromatic nitrogens is 4. The topological polar surface area (TPSA) is 167 Å². The fraction of sp³-hybridized carbons (Fsp3) is 0.220. The van der Waals surface area contributed by atoms with Gasteiger partial charge in [-0.15, -0.1) is 0 Å². The Balaban J connectivity index is 0.000000174. The van der Waals surface area contributed by atoms with Crippen LogP contribution in [0.3, 0.4) is 0 Å². The summed E-state index contributed by atoms with van der Waals surface area (Å²) >= 11 is 0. The van der Waals surface area contributed by atoms with E-state index in [1.54, 1.807) is 24.8 Å². The van der Waals surface area contributed by atoms with Gasteiger partial charge in [-0.05, 0) is 188 Å². The minimum absolute atomic E-state index is 0.122. The van der Waals surface area contributed by atoms with E-state index < -0.39 is 0 Å². The lowest BCUT2D eigenvalue weighted by atomic mass is 9.91. The predicted octanol–water partition coefficient (Wildman–Crippen LogP) is 13.3. The molecule has 0 radical (unpaired) electrons. The van der Waals surface area contributed by atoms with Crippen LogP contribution < -0.4 is 31.9 Å². The maximum atomic E-state index is 13.2. The largest absolute Gasteiger partial charge is 0.381 e. The molecule has 4 aromatic carbocycles. The van der Waals surface area contributed by atoms with Crippen molar-refractivity contribution in [3.8, 4) is 0 Å². The van der Waals surface area contributed by atoms with Crippen LogP contribution in [0.1, 0.15) is 94.0 Å². The number of anilines is 10. The zero-order valence-electron chi connectivity index (χ0n) is 40.8. The van der Waals surface area contributed by atoms with Gasteiger partial charge in [0.25, 0.3) is 11.8 Å². The van der Waals surface area contributed by atoms with Gasteiger partial charge in [-0.2, -0.15) is 0 Å². The molecule has 2 amide bonds. The van der Waals surface area contributed by atoms with Gasteiger partial charge in [-0.1, -0.05) is 26.0 Å². The molecule has 1 saturated heterocycles. The van der Waals surface area contributed by atoms with Crippen LogP contribution in [0.5, 0.6) is 0 Å². The zero-order valence-corrected chi connectivity index (χ0v) is 40.8. The Morgan fingerprint density at radius 1 is 0.486 bits per heavy atom. The number of ether oxygens (including phenoxy) is 1. The van der Waals surface area contributed by atoms with Crippen LogP contribution in [0.4, 0.5) is 56.9 Å². The average molecular weight is 957 g/mol. The Labute approximate surface area is 421 Å². The molecule has 4 aromatic heterocycles. The second kappa shape index (κ2) is 23.9. The molecule has 13 nitrogen and oxygen atoms in total. The number of nitrogens with zero attached hydrogens (tertiary/aromatic N) is 4. The Kier molecular flexibility index (Phi) is 16.2. The molecular weight excluding hydrogens is 897 g/mol. The molecule has 364 valence electrons. The number of hydrogen-bond acceptors (Lipinski definition) is 11. The van der Waals surface area contributed by atoms with Gasteiger partial charge in [-0.3, -0.25) is 29.5 Å². The summed E-state index contributed by atoms with van der Waals surface area (Å²) in [4.78, 5) is 43.0. The molecule has 3 aliphatic rings. The van der Waals surface area contributed by atoms with Gasteiger partial charge in [0.15, 0.2) is 0 Å². The van der Waals surface area contributed by atoms with Crippen molar-refractivity contribution in [2.45, 2.75) is 71.1 Å². The molecule has 1 fully saturated rings. The average Bonchev–Trinajstić information content (AvgIpc) is 3.41. The molecule has 0 atom stereocenters. The minimum atomic E-state index is -0.125. The van der Waals surface area contributed by atoms with Crippen molar-refractivity contribution in [1.29, 1.82) is 0 Å². The van der Waals surface area contributed by atoms with E-state index in [1.165, 1.54) is 16.7 Å². The molecule has 0 aliphatic carbocycles. The molecule has 0 saturated carbocycles. The van der Waals surface area contributed by atoms with Gasteiger partial charge in [-0.25, -0.2) is 0 Å².